The van der Waals surface area contributed by atoms with Crippen molar-refractivity contribution in [1.82, 2.24) is 19.0 Å². The van der Waals surface area contributed by atoms with Crippen molar-refractivity contribution >= 4 is 16.6 Å². The van der Waals surface area contributed by atoms with Gasteiger partial charge in [-0.25, -0.2) is 9.18 Å². The average Bonchev–Trinajstić information content (AvgIpc) is 3.06. The van der Waals surface area contributed by atoms with Gasteiger partial charge < -0.3 is 10.6 Å². The number of nitrogens with zero attached hydrogens (tertiary/aromatic N) is 5. The zero-order chi connectivity index (χ0) is 33.3. The van der Waals surface area contributed by atoms with Crippen LogP contribution in [-0.4, -0.2) is 45.2 Å². The molecule has 3 heterocycles. The molecule has 0 saturated carbocycles. The van der Waals surface area contributed by atoms with Crippen molar-refractivity contribution < 1.29 is 17.6 Å². The first-order chi connectivity index (χ1) is 22.5. The maximum Gasteiger partial charge on any atom is 0.416 e. The van der Waals surface area contributed by atoms with Gasteiger partial charge in [0.25, 0.3) is 5.56 Å². The van der Waals surface area contributed by atoms with E-state index >= 15 is 0 Å². The fourth-order valence-electron chi connectivity index (χ4n) is 6.31. The highest BCUT2D eigenvalue weighted by Crippen LogP contribution is 2.34. The van der Waals surface area contributed by atoms with Gasteiger partial charge in [-0.15, -0.1) is 0 Å². The average molecular weight is 647 g/mol. The van der Waals surface area contributed by atoms with Gasteiger partial charge in [-0.05, 0) is 36.2 Å². The van der Waals surface area contributed by atoms with Gasteiger partial charge in [-0.3, -0.25) is 23.8 Å². The normalized spacial score (nSPS) is 14.9. The van der Waals surface area contributed by atoms with Crippen molar-refractivity contribution in [3.63, 3.8) is 0 Å². The van der Waals surface area contributed by atoms with Crippen LogP contribution in [0.15, 0.2) is 94.6 Å². The Balaban J connectivity index is 1.36. The van der Waals surface area contributed by atoms with Gasteiger partial charge in [-0.1, -0.05) is 60.7 Å². The number of halogens is 4. The number of fused-ring (bicyclic) bond motifs is 1. The molecule has 1 aliphatic heterocycles. The second-order valence-electron chi connectivity index (χ2n) is 11.8. The third kappa shape index (κ3) is 6.56. The Labute approximate surface area is 268 Å². The third-order valence-corrected chi connectivity index (χ3v) is 8.80. The minimum atomic E-state index is -4.85. The highest BCUT2D eigenvalue weighted by Gasteiger charge is 2.35. The number of alkyl halides is 3. The molecule has 1 atom stereocenters. The summed E-state index contributed by atoms with van der Waals surface area (Å²) in [6, 6.07) is 20.8. The van der Waals surface area contributed by atoms with Crippen LogP contribution in [0.5, 0.6) is 0 Å². The Bertz CT molecular complexity index is 2010. The van der Waals surface area contributed by atoms with Crippen LogP contribution in [0.1, 0.15) is 34.0 Å². The molecule has 1 aliphatic rings. The lowest BCUT2D eigenvalue weighted by atomic mass is 10.1. The monoisotopic (exact) mass is 646 g/mol. The molecular weight excluding hydrogens is 612 g/mol. The molecule has 8 nitrogen and oxygen atoms in total. The van der Waals surface area contributed by atoms with Gasteiger partial charge in [0.05, 0.1) is 24.2 Å². The molecule has 0 radical (unpaired) electrons. The van der Waals surface area contributed by atoms with Crippen LogP contribution in [0.4, 0.5) is 23.2 Å². The van der Waals surface area contributed by atoms with E-state index < -0.39 is 47.0 Å². The lowest BCUT2D eigenvalue weighted by Crippen LogP contribution is -2.51. The topological polar surface area (TPSA) is 89.4 Å². The van der Waals surface area contributed by atoms with Gasteiger partial charge in [0, 0.05) is 61.6 Å². The van der Waals surface area contributed by atoms with Crippen molar-refractivity contribution in [2.24, 2.45) is 5.73 Å². The van der Waals surface area contributed by atoms with Crippen molar-refractivity contribution in [1.29, 1.82) is 0 Å². The minimum Gasteiger partial charge on any atom is -0.363 e. The molecule has 1 unspecified atom stereocenters. The summed E-state index contributed by atoms with van der Waals surface area (Å²) >= 11 is 0. The van der Waals surface area contributed by atoms with Crippen molar-refractivity contribution in [3.8, 4) is 0 Å². The number of aromatic nitrogens is 3. The lowest BCUT2D eigenvalue weighted by Gasteiger charge is -2.37. The standard InChI is InChI=1S/C35H34F4N6O2/c1-23-32(43-18-16-42(17-19-43)20-26-11-5-10-25-12-7-15-41-31(25)26)33(46)45(22-30(40)24-8-3-2-4-9-24)34(47)44(23)21-27-28(35(37,38)39)13-6-14-29(27)36/h2-15,30H,16-22,40H2,1H3. The molecule has 3 aromatic carbocycles. The number of rotatable bonds is 8. The van der Waals surface area contributed by atoms with Crippen LogP contribution in [0.25, 0.3) is 10.9 Å². The molecule has 5 aromatic rings. The Morgan fingerprint density at radius 3 is 2.28 bits per heavy atom. The fraction of sp³-hybridized carbons (Fsp3) is 0.286. The van der Waals surface area contributed by atoms with Crippen LogP contribution in [0.3, 0.4) is 0 Å². The van der Waals surface area contributed by atoms with Gasteiger partial charge in [0.15, 0.2) is 0 Å². The molecule has 2 aromatic heterocycles. The quantitative estimate of drug-likeness (QED) is 0.236. The predicted molar refractivity (Wildman–Crippen MR) is 173 cm³/mol. The zero-order valence-electron chi connectivity index (χ0n) is 25.8. The number of nitrogens with two attached hydrogens (primary N) is 1. The molecule has 0 aliphatic carbocycles. The van der Waals surface area contributed by atoms with Crippen LogP contribution in [0, 0.1) is 12.7 Å². The Kier molecular flexibility index (Phi) is 8.98. The molecule has 1 fully saturated rings. The van der Waals surface area contributed by atoms with Gasteiger partial charge in [-0.2, -0.15) is 13.2 Å². The number of hydrogen-bond donors (Lipinski definition) is 1. The van der Waals surface area contributed by atoms with E-state index in [9.17, 15) is 27.2 Å². The number of piperazine rings is 1. The highest BCUT2D eigenvalue weighted by atomic mass is 19.4. The summed E-state index contributed by atoms with van der Waals surface area (Å²) in [6.45, 7) is 3.23. The van der Waals surface area contributed by atoms with Crippen LogP contribution < -0.4 is 21.9 Å². The third-order valence-electron chi connectivity index (χ3n) is 8.80. The molecular formula is C35H34F4N6O2. The molecule has 1 saturated heterocycles. The number of anilines is 1. The first-order valence-electron chi connectivity index (χ1n) is 15.3. The maximum absolute atomic E-state index is 15.0. The van der Waals surface area contributed by atoms with Gasteiger partial charge in [0.2, 0.25) is 0 Å². The van der Waals surface area contributed by atoms with E-state index in [1.165, 1.54) is 6.92 Å². The van der Waals surface area contributed by atoms with Crippen molar-refractivity contribution in [2.45, 2.75) is 38.8 Å². The first-order valence-corrected chi connectivity index (χ1v) is 15.3. The summed E-state index contributed by atoms with van der Waals surface area (Å²) in [7, 11) is 0. The highest BCUT2D eigenvalue weighted by molar-refractivity contribution is 5.81. The Morgan fingerprint density at radius 2 is 1.55 bits per heavy atom. The molecule has 244 valence electrons. The fourth-order valence-corrected chi connectivity index (χ4v) is 6.31. The number of para-hydroxylation sites is 1. The van der Waals surface area contributed by atoms with E-state index in [2.05, 4.69) is 9.88 Å². The number of hydrogen-bond acceptors (Lipinski definition) is 6. The molecule has 0 bridgehead atoms. The lowest BCUT2D eigenvalue weighted by molar-refractivity contribution is -0.138. The molecule has 47 heavy (non-hydrogen) atoms. The predicted octanol–water partition coefficient (Wildman–Crippen LogP) is 5.10. The summed E-state index contributed by atoms with van der Waals surface area (Å²) in [5, 5.41) is 1.04. The summed E-state index contributed by atoms with van der Waals surface area (Å²) in [4.78, 5) is 36.6. The van der Waals surface area contributed by atoms with Crippen LogP contribution in [0.2, 0.25) is 0 Å². The minimum absolute atomic E-state index is 0.160. The zero-order valence-corrected chi connectivity index (χ0v) is 25.8. The van der Waals surface area contributed by atoms with Crippen molar-refractivity contribution in [3.05, 3.63) is 140 Å². The summed E-state index contributed by atoms with van der Waals surface area (Å²) in [6.07, 6.45) is -3.09. The number of benzene rings is 3. The van der Waals surface area contributed by atoms with E-state index in [0.717, 1.165) is 43.8 Å². The maximum atomic E-state index is 15.0. The molecule has 12 heteroatoms. The van der Waals surface area contributed by atoms with E-state index in [4.69, 9.17) is 5.73 Å². The van der Waals surface area contributed by atoms with E-state index in [1.807, 2.05) is 41.3 Å². The van der Waals surface area contributed by atoms with Crippen LogP contribution in [-0.2, 0) is 25.8 Å². The Morgan fingerprint density at radius 1 is 0.851 bits per heavy atom. The second-order valence-corrected chi connectivity index (χ2v) is 11.8. The van der Waals surface area contributed by atoms with E-state index in [1.54, 1.807) is 30.5 Å². The van der Waals surface area contributed by atoms with E-state index in [0.29, 0.717) is 38.3 Å². The van der Waals surface area contributed by atoms with Crippen LogP contribution >= 0.6 is 0 Å². The SMILES string of the molecule is Cc1c(N2CCN(Cc3cccc4cccnc34)CC2)c(=O)n(CC(N)c2ccccc2)c(=O)n1Cc1c(F)cccc1C(F)(F)F. The van der Waals surface area contributed by atoms with Crippen molar-refractivity contribution in [2.75, 3.05) is 31.1 Å². The molecule has 0 spiro atoms. The Hall–Kier alpha value is -4.81. The summed E-state index contributed by atoms with van der Waals surface area (Å²) in [5.74, 6) is -1.09. The molecule has 2 N–H and O–H groups in total. The van der Waals surface area contributed by atoms with Gasteiger partial charge in [0.1, 0.15) is 11.5 Å². The number of pyridine rings is 1. The largest absolute Gasteiger partial charge is 0.416 e. The molecule has 6 rings (SSSR count). The van der Waals surface area contributed by atoms with Gasteiger partial charge >= 0.3 is 11.9 Å². The van der Waals surface area contributed by atoms with E-state index in [-0.39, 0.29) is 17.9 Å². The summed E-state index contributed by atoms with van der Waals surface area (Å²) in [5.41, 5.74) is 6.13. The molecule has 0 amide bonds. The second kappa shape index (κ2) is 13.1. The summed E-state index contributed by atoms with van der Waals surface area (Å²) < 4.78 is 58.8. The first kappa shape index (κ1) is 32.1. The smallest absolute Gasteiger partial charge is 0.363 e.